The number of furan rings is 1. The number of rotatable bonds is 4. The lowest BCUT2D eigenvalue weighted by Gasteiger charge is -2.30. The molecule has 1 saturated heterocycles. The van der Waals surface area contributed by atoms with Crippen LogP contribution in [-0.4, -0.2) is 29.0 Å². The van der Waals surface area contributed by atoms with Gasteiger partial charge in [-0.1, -0.05) is 6.07 Å². The lowest BCUT2D eigenvalue weighted by Crippen LogP contribution is -2.38. The van der Waals surface area contributed by atoms with Gasteiger partial charge in [0.1, 0.15) is 11.9 Å². The van der Waals surface area contributed by atoms with E-state index < -0.39 is 0 Å². The molecule has 1 N–H and O–H groups in total. The second-order valence-corrected chi connectivity index (χ2v) is 6.23. The minimum Gasteiger partial charge on any atom is -0.459 e. The number of nitriles is 1. The number of carbonyl (C=O) groups is 1. The summed E-state index contributed by atoms with van der Waals surface area (Å²) < 4.78 is 11.1. The van der Waals surface area contributed by atoms with Crippen LogP contribution in [-0.2, 0) is 4.79 Å². The maximum Gasteiger partial charge on any atom is 0.266 e. The van der Waals surface area contributed by atoms with E-state index in [2.05, 4.69) is 21.4 Å². The minimum absolute atomic E-state index is 0.0392. The number of hydrogen-bond donors (Lipinski definition) is 1. The summed E-state index contributed by atoms with van der Waals surface area (Å²) in [5.41, 5.74) is 0.220. The maximum atomic E-state index is 12.4. The van der Waals surface area contributed by atoms with Crippen molar-refractivity contribution >= 4 is 17.6 Å². The highest BCUT2D eigenvalue weighted by Gasteiger charge is 2.29. The molecule has 0 atom stereocenters. The Morgan fingerprint density at radius 3 is 2.78 bits per heavy atom. The van der Waals surface area contributed by atoms with Gasteiger partial charge in [0.05, 0.1) is 6.26 Å². The summed E-state index contributed by atoms with van der Waals surface area (Å²) in [5.74, 6) is 1.58. The monoisotopic (exact) mass is 363 g/mol. The maximum absolute atomic E-state index is 12.4. The van der Waals surface area contributed by atoms with E-state index in [0.717, 1.165) is 0 Å². The highest BCUT2D eigenvalue weighted by Crippen LogP contribution is 2.31. The standard InChI is InChI=1S/C19H17N5O3/c20-12-14-19(27-18(22-14)15-4-3-11-26-15)24-9-6-13(7-10-24)17(25)23-16-5-1-2-8-21-16/h1-5,8,11,13H,6-7,9-10H2,(H,21,23,25). The van der Waals surface area contributed by atoms with Crippen molar-refractivity contribution in [2.24, 2.45) is 5.92 Å². The molecule has 1 aliphatic heterocycles. The van der Waals surface area contributed by atoms with Gasteiger partial charge in [-0.25, -0.2) is 4.98 Å². The number of carbonyl (C=O) groups excluding carboxylic acids is 1. The molecule has 0 unspecified atom stereocenters. The molecule has 0 aliphatic carbocycles. The second-order valence-electron chi connectivity index (χ2n) is 6.23. The van der Waals surface area contributed by atoms with E-state index in [1.807, 2.05) is 11.0 Å². The van der Waals surface area contributed by atoms with Gasteiger partial charge >= 0.3 is 0 Å². The number of aromatic nitrogens is 2. The molecule has 1 amide bonds. The fraction of sp³-hybridized carbons (Fsp3) is 0.263. The lowest BCUT2D eigenvalue weighted by atomic mass is 9.96. The number of oxazole rings is 1. The number of nitrogens with zero attached hydrogens (tertiary/aromatic N) is 4. The Bertz CT molecular complexity index is 951. The SMILES string of the molecule is N#Cc1nc(-c2ccco2)oc1N1CCC(C(=O)Nc2ccccn2)CC1. The van der Waals surface area contributed by atoms with Crippen LogP contribution in [0.5, 0.6) is 0 Å². The predicted molar refractivity (Wildman–Crippen MR) is 96.7 cm³/mol. The van der Waals surface area contributed by atoms with E-state index in [1.165, 1.54) is 6.26 Å². The van der Waals surface area contributed by atoms with E-state index in [4.69, 9.17) is 8.83 Å². The molecule has 3 aromatic rings. The molecule has 0 radical (unpaired) electrons. The number of pyridine rings is 1. The van der Waals surface area contributed by atoms with Crippen LogP contribution in [0.2, 0.25) is 0 Å². The Balaban J connectivity index is 1.42. The van der Waals surface area contributed by atoms with Crippen molar-refractivity contribution in [3.05, 3.63) is 48.5 Å². The van der Waals surface area contributed by atoms with Gasteiger partial charge in [-0.3, -0.25) is 4.79 Å². The molecular weight excluding hydrogens is 346 g/mol. The second kappa shape index (κ2) is 7.33. The number of piperidine rings is 1. The third-order valence-electron chi connectivity index (χ3n) is 4.52. The number of hydrogen-bond acceptors (Lipinski definition) is 7. The molecule has 0 spiro atoms. The van der Waals surface area contributed by atoms with Crippen molar-refractivity contribution in [1.29, 1.82) is 5.26 Å². The summed E-state index contributed by atoms with van der Waals surface area (Å²) in [6, 6.07) is 10.9. The van der Waals surface area contributed by atoms with Crippen LogP contribution < -0.4 is 10.2 Å². The normalized spacial score (nSPS) is 14.7. The molecule has 8 heteroatoms. The van der Waals surface area contributed by atoms with Gasteiger partial charge in [0.2, 0.25) is 17.5 Å². The molecule has 4 heterocycles. The van der Waals surface area contributed by atoms with Crippen LogP contribution in [0, 0.1) is 17.2 Å². The van der Waals surface area contributed by atoms with E-state index in [0.29, 0.717) is 43.4 Å². The van der Waals surface area contributed by atoms with Crippen molar-refractivity contribution in [3.63, 3.8) is 0 Å². The van der Waals surface area contributed by atoms with Gasteiger partial charge in [0.15, 0.2) is 5.76 Å². The number of nitrogens with one attached hydrogen (secondary N) is 1. The molecule has 4 rings (SSSR count). The Hall–Kier alpha value is -3.60. The molecular formula is C19H17N5O3. The van der Waals surface area contributed by atoms with Crippen LogP contribution >= 0.6 is 0 Å². The van der Waals surface area contributed by atoms with Gasteiger partial charge in [-0.15, -0.1) is 0 Å². The van der Waals surface area contributed by atoms with Crippen LogP contribution in [0.1, 0.15) is 18.5 Å². The zero-order chi connectivity index (χ0) is 18.6. The Kier molecular flexibility index (Phi) is 4.58. The summed E-state index contributed by atoms with van der Waals surface area (Å²) in [5, 5.41) is 12.2. The molecule has 27 heavy (non-hydrogen) atoms. The molecule has 3 aromatic heterocycles. The summed E-state index contributed by atoms with van der Waals surface area (Å²) in [6.07, 6.45) is 4.47. The van der Waals surface area contributed by atoms with Crippen molar-refractivity contribution < 1.29 is 13.6 Å². The smallest absolute Gasteiger partial charge is 0.266 e. The average molecular weight is 363 g/mol. The largest absolute Gasteiger partial charge is 0.459 e. The van der Waals surface area contributed by atoms with E-state index in [9.17, 15) is 10.1 Å². The Morgan fingerprint density at radius 2 is 2.11 bits per heavy atom. The highest BCUT2D eigenvalue weighted by atomic mass is 16.4. The van der Waals surface area contributed by atoms with Gasteiger partial charge < -0.3 is 19.1 Å². The average Bonchev–Trinajstić information content (AvgIpc) is 3.38. The van der Waals surface area contributed by atoms with Crippen LogP contribution in [0.25, 0.3) is 11.7 Å². The topological polar surface area (TPSA) is 108 Å². The molecule has 1 aliphatic rings. The van der Waals surface area contributed by atoms with Crippen molar-refractivity contribution in [2.75, 3.05) is 23.3 Å². The van der Waals surface area contributed by atoms with Gasteiger partial charge in [-0.2, -0.15) is 10.2 Å². The van der Waals surface area contributed by atoms with Crippen LogP contribution in [0.4, 0.5) is 11.7 Å². The van der Waals surface area contributed by atoms with Gasteiger partial charge in [0.25, 0.3) is 5.89 Å². The van der Waals surface area contributed by atoms with E-state index in [-0.39, 0.29) is 23.4 Å². The Morgan fingerprint density at radius 1 is 1.26 bits per heavy atom. The quantitative estimate of drug-likeness (QED) is 0.759. The van der Waals surface area contributed by atoms with Gasteiger partial charge in [-0.05, 0) is 37.1 Å². The highest BCUT2D eigenvalue weighted by molar-refractivity contribution is 5.91. The zero-order valence-corrected chi connectivity index (χ0v) is 14.5. The molecule has 8 nitrogen and oxygen atoms in total. The predicted octanol–water partition coefficient (Wildman–Crippen LogP) is 3.06. The first-order valence-electron chi connectivity index (χ1n) is 8.66. The summed E-state index contributed by atoms with van der Waals surface area (Å²) in [4.78, 5) is 22.7. The van der Waals surface area contributed by atoms with Crippen molar-refractivity contribution in [3.8, 4) is 17.7 Å². The fourth-order valence-electron chi connectivity index (χ4n) is 3.11. The third-order valence-corrected chi connectivity index (χ3v) is 4.52. The first-order chi connectivity index (χ1) is 13.2. The summed E-state index contributed by atoms with van der Waals surface area (Å²) >= 11 is 0. The first kappa shape index (κ1) is 16.8. The summed E-state index contributed by atoms with van der Waals surface area (Å²) in [7, 11) is 0. The molecule has 0 aromatic carbocycles. The van der Waals surface area contributed by atoms with Crippen molar-refractivity contribution in [2.45, 2.75) is 12.8 Å². The molecule has 0 bridgehead atoms. The van der Waals surface area contributed by atoms with Crippen LogP contribution in [0.3, 0.4) is 0 Å². The summed E-state index contributed by atoms with van der Waals surface area (Å²) in [6.45, 7) is 1.20. The molecule has 1 fully saturated rings. The third kappa shape index (κ3) is 3.53. The lowest BCUT2D eigenvalue weighted by molar-refractivity contribution is -0.120. The minimum atomic E-state index is -0.110. The fourth-order valence-corrected chi connectivity index (χ4v) is 3.11. The van der Waals surface area contributed by atoms with Crippen LogP contribution in [0.15, 0.2) is 51.6 Å². The first-order valence-corrected chi connectivity index (χ1v) is 8.66. The Labute approximate surface area is 155 Å². The van der Waals surface area contributed by atoms with E-state index >= 15 is 0 Å². The molecule has 136 valence electrons. The molecule has 0 saturated carbocycles. The zero-order valence-electron chi connectivity index (χ0n) is 14.5. The number of anilines is 2. The van der Waals surface area contributed by atoms with Gasteiger partial charge in [0, 0.05) is 25.2 Å². The number of amides is 1. The van der Waals surface area contributed by atoms with E-state index in [1.54, 1.807) is 30.5 Å². The van der Waals surface area contributed by atoms with Crippen molar-refractivity contribution in [1.82, 2.24) is 9.97 Å².